The minimum atomic E-state index is -6.00. The molecule has 0 bridgehead atoms. The van der Waals surface area contributed by atoms with E-state index >= 15 is 0 Å². The van der Waals surface area contributed by atoms with E-state index in [1.165, 1.54) is 0 Å². The maximum absolute atomic E-state index is 9.75. The molecule has 12 rings (SSSR count). The number of halogens is 16. The van der Waals surface area contributed by atoms with Gasteiger partial charge in [0.2, 0.25) is 25.2 Å². The van der Waals surface area contributed by atoms with Crippen LogP contribution in [-0.4, -0.2) is 146 Å². The third kappa shape index (κ3) is 28.2. The molecule has 0 aromatic carbocycles. The minimum absolute atomic E-state index is 0. The quantitative estimate of drug-likeness (QED) is 0.0825. The maximum atomic E-state index is 9.75. The van der Waals surface area contributed by atoms with Crippen molar-refractivity contribution in [2.24, 2.45) is 0 Å². The molecule has 0 unspecified atom stereocenters. The summed E-state index contributed by atoms with van der Waals surface area (Å²) in [6.07, 6.45) is -0.903. The Morgan fingerprint density at radius 1 is 0.164 bits per heavy atom. The zero-order chi connectivity index (χ0) is 82.1. The Kier molecular flexibility index (Phi) is 33.2. The predicted molar refractivity (Wildman–Crippen MR) is 380 cm³/mol. The van der Waals surface area contributed by atoms with Crippen molar-refractivity contribution >= 4 is 29.0 Å². The summed E-state index contributed by atoms with van der Waals surface area (Å²) in [5, 5.41) is 55.9. The molecule has 0 aliphatic carbocycles. The molecule has 12 aromatic heterocycles. The van der Waals surface area contributed by atoms with Gasteiger partial charge in [0.1, 0.15) is 0 Å². The summed E-state index contributed by atoms with van der Waals surface area (Å²) in [4.78, 5) is 0. The summed E-state index contributed by atoms with van der Waals surface area (Å²) in [6.45, 7) is 48.8. The zero-order valence-electron chi connectivity index (χ0n) is 65.0. The number of aromatic nitrogens is 24. The summed E-state index contributed by atoms with van der Waals surface area (Å²) in [7, 11) is -24.0. The number of rotatable bonds is 12. The van der Waals surface area contributed by atoms with Gasteiger partial charge < -0.3 is 69.1 Å². The Morgan fingerprint density at radius 2 is 0.218 bits per heavy atom. The van der Waals surface area contributed by atoms with Crippen molar-refractivity contribution in [1.82, 2.24) is 117 Å². The molecule has 12 heterocycles. The van der Waals surface area contributed by atoms with Crippen molar-refractivity contribution in [2.45, 2.75) is 191 Å². The topological polar surface area (TPSA) is 214 Å². The van der Waals surface area contributed by atoms with Crippen molar-refractivity contribution in [1.29, 1.82) is 0 Å². The van der Waals surface area contributed by atoms with Crippen LogP contribution in [0.2, 0.25) is 0 Å². The van der Waals surface area contributed by atoms with E-state index in [-0.39, 0.29) is 58.7 Å². The first kappa shape index (κ1) is 94.9. The van der Waals surface area contributed by atoms with E-state index in [0.717, 1.165) is 137 Å². The monoisotopic (exact) mass is 1660 g/mol. The van der Waals surface area contributed by atoms with Gasteiger partial charge in [-0.1, -0.05) is 0 Å². The van der Waals surface area contributed by atoms with E-state index in [0.29, 0.717) is 0 Å². The van der Waals surface area contributed by atoms with E-state index in [1.54, 1.807) is 0 Å². The van der Waals surface area contributed by atoms with Crippen LogP contribution in [0.3, 0.4) is 0 Å². The van der Waals surface area contributed by atoms with E-state index in [4.69, 9.17) is 0 Å². The van der Waals surface area contributed by atoms with Crippen LogP contribution in [0.1, 0.15) is 162 Å². The summed E-state index contributed by atoms with van der Waals surface area (Å²) < 4.78 is 180. The molecule has 24 nitrogen and oxygen atoms in total. The van der Waals surface area contributed by atoms with E-state index in [1.807, 2.05) is 139 Å². The molecule has 0 amide bonds. The fraction of sp³-hybridized carbons (Fsp3) is 0.438. The second kappa shape index (κ2) is 38.5. The van der Waals surface area contributed by atoms with E-state index in [2.05, 4.69) is 217 Å². The Hall–Kier alpha value is -9.33. The number of hydrogen-bond acceptors (Lipinski definition) is 12. The summed E-state index contributed by atoms with van der Waals surface area (Å²) in [6, 6.07) is 24.9. The van der Waals surface area contributed by atoms with Crippen LogP contribution >= 0.6 is 0 Å². The second-order valence-electron chi connectivity index (χ2n) is 25.8. The van der Waals surface area contributed by atoms with Gasteiger partial charge >= 0.3 is 62.6 Å². The SMILES string of the molecule is Cc1cc(C)n(C(n2nc(C)cc2C)n2nc(C)cc2C)n1.Cc1cc(C)n(C(n2nc(C)cc2C)n2nc(C)cc2C)n1.Cc1cc(C)n(C(n2nc(C)cc2C)n2nc(C)cc2C)n1.Cc1cc(C)n(C(n2nc(C)cc2C)n2nc(C)cc2C)n1.F[B-](F)(F)F.F[B-](F)(F)F.F[B-](F)(F)F.F[B-](F)(F)F.[Co+2].[Co+2]. The Balaban J connectivity index is 0.000000348. The first-order valence-corrected chi connectivity index (χ1v) is 33.3. The van der Waals surface area contributed by atoms with Crippen LogP contribution in [-0.2, 0) is 33.6 Å². The van der Waals surface area contributed by atoms with Gasteiger partial charge in [0.25, 0.3) is 0 Å². The molecule has 2 radical (unpaired) electrons. The average molecular weight is 1660 g/mol. The normalized spacial score (nSPS) is 11.5. The van der Waals surface area contributed by atoms with Gasteiger partial charge in [-0.15, -0.1) is 0 Å². The Bertz CT molecular complexity index is 3850. The van der Waals surface area contributed by atoms with Gasteiger partial charge in [0.05, 0.1) is 68.3 Å². The van der Waals surface area contributed by atoms with Crippen molar-refractivity contribution in [3.63, 3.8) is 0 Å². The zero-order valence-corrected chi connectivity index (χ0v) is 67.1. The van der Waals surface area contributed by atoms with Crippen LogP contribution in [0.5, 0.6) is 0 Å². The molecule has 0 fully saturated rings. The molecule has 606 valence electrons. The minimum Gasteiger partial charge on any atom is -0.418 e. The van der Waals surface area contributed by atoms with E-state index < -0.39 is 29.0 Å². The molecular weight excluding hydrogens is 1570 g/mol. The van der Waals surface area contributed by atoms with Gasteiger partial charge in [0, 0.05) is 68.3 Å². The van der Waals surface area contributed by atoms with Gasteiger partial charge in [-0.2, -0.15) is 61.2 Å². The first-order valence-electron chi connectivity index (χ1n) is 33.3. The van der Waals surface area contributed by atoms with Crippen LogP contribution in [0, 0.1) is 166 Å². The molecule has 46 heteroatoms. The van der Waals surface area contributed by atoms with Crippen molar-refractivity contribution in [3.8, 4) is 0 Å². The second-order valence-corrected chi connectivity index (χ2v) is 25.8. The van der Waals surface area contributed by atoms with Crippen LogP contribution < -0.4 is 0 Å². The molecule has 0 aliphatic rings. The molecule has 0 aliphatic heterocycles. The fourth-order valence-corrected chi connectivity index (χ4v) is 11.8. The molecule has 0 saturated carbocycles. The van der Waals surface area contributed by atoms with Crippen LogP contribution in [0.25, 0.3) is 0 Å². The van der Waals surface area contributed by atoms with Crippen LogP contribution in [0.4, 0.5) is 69.1 Å². The third-order valence-electron chi connectivity index (χ3n) is 15.2. The molecule has 0 N–H and O–H groups in total. The summed E-state index contributed by atoms with van der Waals surface area (Å²) in [5.74, 6) is 0. The molecule has 0 saturated heterocycles. The Morgan fingerprint density at radius 3 is 0.255 bits per heavy atom. The number of nitrogens with zero attached hydrogens (tertiary/aromatic N) is 24. The predicted octanol–water partition coefficient (Wildman–Crippen LogP) is 15.9. The molecule has 110 heavy (non-hydrogen) atoms. The Labute approximate surface area is 646 Å². The van der Waals surface area contributed by atoms with Gasteiger partial charge in [0.15, 0.2) is 0 Å². The largest absolute Gasteiger partial charge is 2.00 e. The van der Waals surface area contributed by atoms with E-state index in [9.17, 15) is 69.1 Å². The number of aryl methyl sites for hydroxylation is 24. The van der Waals surface area contributed by atoms with Gasteiger partial charge in [-0.25, -0.2) is 56.2 Å². The van der Waals surface area contributed by atoms with Crippen molar-refractivity contribution < 1.29 is 103 Å². The van der Waals surface area contributed by atoms with Gasteiger partial charge in [-0.05, 0) is 239 Å². The van der Waals surface area contributed by atoms with Gasteiger partial charge in [-0.3, -0.25) is 0 Å². The summed E-state index contributed by atoms with van der Waals surface area (Å²) in [5.41, 5.74) is 24.9. The standard InChI is InChI=1S/4C16H22N6.4BF4.2Co/c4*1-10-7-13(4)20(17-10)16(21-14(5)8-11(2)18-21)22-15(6)9-12(3)19-22;4*2-1(3,4)5;;/h4*7-9,16H,1-6H3;;;;;;/q;;;;4*-1;2*+2. The first-order chi connectivity index (χ1) is 49.5. The average Bonchev–Trinajstić information content (AvgIpc) is 1.65. The fourth-order valence-electron chi connectivity index (χ4n) is 11.8. The van der Waals surface area contributed by atoms with Crippen molar-refractivity contribution in [2.75, 3.05) is 0 Å². The molecule has 0 spiro atoms. The third-order valence-corrected chi connectivity index (χ3v) is 15.2. The maximum Gasteiger partial charge on any atom is 2.00 e. The van der Waals surface area contributed by atoms with Crippen LogP contribution in [0.15, 0.2) is 72.8 Å². The smallest absolute Gasteiger partial charge is 0.418 e. The summed E-state index contributed by atoms with van der Waals surface area (Å²) >= 11 is 0. The molecular formula is C64H88B4Co2F16N24. The van der Waals surface area contributed by atoms with Crippen molar-refractivity contribution in [3.05, 3.63) is 209 Å². The molecule has 0 atom stereocenters. The molecule has 12 aromatic rings. The number of hydrogen-bond donors (Lipinski definition) is 0.